The molecule has 0 fully saturated rings. The molecule has 164 valence electrons. The smallest absolute Gasteiger partial charge is 0.337 e. The molecule has 2 aromatic carbocycles. The summed E-state index contributed by atoms with van der Waals surface area (Å²) in [5.41, 5.74) is 4.37. The molecule has 1 aromatic heterocycles. The lowest BCUT2D eigenvalue weighted by Gasteiger charge is -2.13. The molecule has 0 saturated carbocycles. The zero-order valence-electron chi connectivity index (χ0n) is 18.0. The van der Waals surface area contributed by atoms with Gasteiger partial charge >= 0.3 is 5.97 Å². The molecule has 1 aliphatic rings. The normalized spacial score (nSPS) is 13.8. The van der Waals surface area contributed by atoms with Gasteiger partial charge in [0.15, 0.2) is 0 Å². The second kappa shape index (κ2) is 9.40. The number of aromatic nitrogens is 2. The fraction of sp³-hybridized carbons (Fsp3) is 0.240. The first-order valence-corrected chi connectivity index (χ1v) is 10.9. The number of anilines is 1. The standard InChI is InChI=1S/C25H24ClN3O3/c1-3-4-9-23-27-14-18(13-20-19-7-5-6-8-22(19)28-24(20)30)29(23)15-17-11-10-16(12-21(17)26)25(31)32-2/h5-8,10-14H,3-4,9,15H2,1-2H3,(H,28,30). The number of carbonyl (C=O) groups excluding carboxylic acids is 2. The molecule has 0 radical (unpaired) electrons. The highest BCUT2D eigenvalue weighted by molar-refractivity contribution is 6.34. The quantitative estimate of drug-likeness (QED) is 0.397. The minimum atomic E-state index is -0.430. The zero-order chi connectivity index (χ0) is 22.7. The third-order valence-corrected chi connectivity index (χ3v) is 5.88. The maximum Gasteiger partial charge on any atom is 0.337 e. The molecule has 0 saturated heterocycles. The second-order valence-electron chi connectivity index (χ2n) is 7.64. The lowest BCUT2D eigenvalue weighted by molar-refractivity contribution is -0.110. The van der Waals surface area contributed by atoms with Crippen LogP contribution in [0.15, 0.2) is 48.7 Å². The number of nitrogens with zero attached hydrogens (tertiary/aromatic N) is 2. The first-order chi connectivity index (χ1) is 15.5. The van der Waals surface area contributed by atoms with Gasteiger partial charge in [-0.25, -0.2) is 9.78 Å². The van der Waals surface area contributed by atoms with E-state index < -0.39 is 5.97 Å². The van der Waals surface area contributed by atoms with Crippen molar-refractivity contribution >= 4 is 40.8 Å². The summed E-state index contributed by atoms with van der Waals surface area (Å²) < 4.78 is 6.85. The van der Waals surface area contributed by atoms with Crippen molar-refractivity contribution in [1.29, 1.82) is 0 Å². The van der Waals surface area contributed by atoms with Gasteiger partial charge in [-0.2, -0.15) is 0 Å². The Labute approximate surface area is 191 Å². The topological polar surface area (TPSA) is 73.2 Å². The van der Waals surface area contributed by atoms with Crippen LogP contribution >= 0.6 is 11.6 Å². The Morgan fingerprint density at radius 2 is 2.06 bits per heavy atom. The Bertz CT molecular complexity index is 1210. The fourth-order valence-corrected chi connectivity index (χ4v) is 4.02. The summed E-state index contributed by atoms with van der Waals surface area (Å²) in [6.07, 6.45) is 6.54. The molecule has 0 atom stereocenters. The molecular formula is C25H24ClN3O3. The largest absolute Gasteiger partial charge is 0.465 e. The Kier molecular flexibility index (Phi) is 6.42. The highest BCUT2D eigenvalue weighted by atomic mass is 35.5. The van der Waals surface area contributed by atoms with Gasteiger partial charge in [0.25, 0.3) is 5.91 Å². The van der Waals surface area contributed by atoms with Gasteiger partial charge in [0.1, 0.15) is 5.82 Å². The van der Waals surface area contributed by atoms with Gasteiger partial charge in [-0.1, -0.05) is 49.2 Å². The van der Waals surface area contributed by atoms with Crippen LogP contribution in [0.3, 0.4) is 0 Å². The minimum Gasteiger partial charge on any atom is -0.465 e. The third kappa shape index (κ3) is 4.32. The molecule has 3 aromatic rings. The van der Waals surface area contributed by atoms with E-state index in [1.54, 1.807) is 18.3 Å². The third-order valence-electron chi connectivity index (χ3n) is 5.53. The summed E-state index contributed by atoms with van der Waals surface area (Å²) in [5, 5.41) is 3.39. The van der Waals surface area contributed by atoms with Crippen LogP contribution in [0.2, 0.25) is 5.02 Å². The van der Waals surface area contributed by atoms with Crippen LogP contribution in [-0.4, -0.2) is 28.5 Å². The van der Waals surface area contributed by atoms with Crippen LogP contribution in [0.25, 0.3) is 11.6 Å². The van der Waals surface area contributed by atoms with Gasteiger partial charge in [0.05, 0.1) is 36.7 Å². The SMILES string of the molecule is CCCCc1ncc(C=C2C(=O)Nc3ccccc32)n1Cc1ccc(C(=O)OC)cc1Cl. The summed E-state index contributed by atoms with van der Waals surface area (Å²) in [6.45, 7) is 2.61. The Hall–Kier alpha value is -3.38. The summed E-state index contributed by atoms with van der Waals surface area (Å²) in [7, 11) is 1.34. The van der Waals surface area contributed by atoms with E-state index in [0.717, 1.165) is 47.6 Å². The zero-order valence-corrected chi connectivity index (χ0v) is 18.8. The number of imidazole rings is 1. The van der Waals surface area contributed by atoms with Gasteiger partial charge in [0, 0.05) is 22.7 Å². The number of hydrogen-bond donors (Lipinski definition) is 1. The molecule has 1 amide bonds. The number of benzene rings is 2. The van der Waals surface area contributed by atoms with Gasteiger partial charge < -0.3 is 14.6 Å². The predicted octanol–water partition coefficient (Wildman–Crippen LogP) is 5.21. The second-order valence-corrected chi connectivity index (χ2v) is 8.05. The molecule has 0 spiro atoms. The highest BCUT2D eigenvalue weighted by Crippen LogP contribution is 2.33. The molecule has 4 rings (SSSR count). The maximum atomic E-state index is 12.6. The van der Waals surface area contributed by atoms with Crippen molar-refractivity contribution in [2.45, 2.75) is 32.7 Å². The molecule has 1 aliphatic heterocycles. The van der Waals surface area contributed by atoms with Crippen LogP contribution in [0, 0.1) is 0 Å². The van der Waals surface area contributed by atoms with E-state index in [4.69, 9.17) is 16.3 Å². The lowest BCUT2D eigenvalue weighted by Crippen LogP contribution is -2.09. The molecule has 0 aliphatic carbocycles. The molecule has 32 heavy (non-hydrogen) atoms. The number of rotatable bonds is 7. The fourth-order valence-electron chi connectivity index (χ4n) is 3.78. The van der Waals surface area contributed by atoms with Crippen LogP contribution in [0.1, 0.15) is 52.8 Å². The number of esters is 1. The Morgan fingerprint density at radius 1 is 1.25 bits per heavy atom. The van der Waals surface area contributed by atoms with E-state index in [1.807, 2.05) is 36.4 Å². The number of unbranched alkanes of at least 4 members (excludes halogenated alkanes) is 1. The lowest BCUT2D eigenvalue weighted by atomic mass is 10.1. The van der Waals surface area contributed by atoms with Gasteiger partial charge in [-0.05, 0) is 36.3 Å². The van der Waals surface area contributed by atoms with E-state index in [9.17, 15) is 9.59 Å². The van der Waals surface area contributed by atoms with Crippen LogP contribution in [0.4, 0.5) is 5.69 Å². The minimum absolute atomic E-state index is 0.130. The van der Waals surface area contributed by atoms with E-state index in [1.165, 1.54) is 7.11 Å². The summed E-state index contributed by atoms with van der Waals surface area (Å²) in [6, 6.07) is 12.8. The van der Waals surface area contributed by atoms with Crippen molar-refractivity contribution in [2.75, 3.05) is 12.4 Å². The molecule has 6 nitrogen and oxygen atoms in total. The van der Waals surface area contributed by atoms with Crippen molar-refractivity contribution in [1.82, 2.24) is 9.55 Å². The molecule has 0 unspecified atom stereocenters. The Morgan fingerprint density at radius 3 is 2.81 bits per heavy atom. The summed E-state index contributed by atoms with van der Waals surface area (Å²) in [4.78, 5) is 29.0. The first-order valence-electron chi connectivity index (χ1n) is 10.6. The molecular weight excluding hydrogens is 426 g/mol. The number of aryl methyl sites for hydroxylation is 1. The average molecular weight is 450 g/mol. The first kappa shape index (κ1) is 21.8. The van der Waals surface area contributed by atoms with E-state index in [0.29, 0.717) is 22.7 Å². The van der Waals surface area contributed by atoms with Crippen molar-refractivity contribution in [3.05, 3.63) is 81.9 Å². The molecule has 2 heterocycles. The van der Waals surface area contributed by atoms with Crippen molar-refractivity contribution < 1.29 is 14.3 Å². The van der Waals surface area contributed by atoms with Gasteiger partial charge in [-0.15, -0.1) is 0 Å². The summed E-state index contributed by atoms with van der Waals surface area (Å²) in [5.74, 6) is 0.370. The number of amides is 1. The molecule has 0 bridgehead atoms. The Balaban J connectivity index is 1.73. The number of halogens is 1. The van der Waals surface area contributed by atoms with E-state index in [-0.39, 0.29) is 5.91 Å². The van der Waals surface area contributed by atoms with Crippen molar-refractivity contribution in [3.8, 4) is 0 Å². The van der Waals surface area contributed by atoms with Crippen LogP contribution in [0.5, 0.6) is 0 Å². The predicted molar refractivity (Wildman–Crippen MR) is 126 cm³/mol. The number of para-hydroxylation sites is 1. The van der Waals surface area contributed by atoms with E-state index in [2.05, 4.69) is 21.8 Å². The number of methoxy groups -OCH3 is 1. The number of ether oxygens (including phenoxy) is 1. The van der Waals surface area contributed by atoms with Crippen LogP contribution in [-0.2, 0) is 22.5 Å². The average Bonchev–Trinajstić information content (AvgIpc) is 3.33. The van der Waals surface area contributed by atoms with Gasteiger partial charge in [-0.3, -0.25) is 4.79 Å². The van der Waals surface area contributed by atoms with Crippen LogP contribution < -0.4 is 5.32 Å². The number of nitrogens with one attached hydrogen (secondary N) is 1. The van der Waals surface area contributed by atoms with Gasteiger partial charge in [0.2, 0.25) is 0 Å². The van der Waals surface area contributed by atoms with Crippen molar-refractivity contribution in [3.63, 3.8) is 0 Å². The highest BCUT2D eigenvalue weighted by Gasteiger charge is 2.24. The number of carbonyl (C=O) groups is 2. The molecule has 1 N–H and O–H groups in total. The number of hydrogen-bond acceptors (Lipinski definition) is 4. The van der Waals surface area contributed by atoms with E-state index >= 15 is 0 Å². The number of fused-ring (bicyclic) bond motifs is 1. The summed E-state index contributed by atoms with van der Waals surface area (Å²) >= 11 is 6.50. The maximum absolute atomic E-state index is 12.6. The molecule has 7 heteroatoms. The van der Waals surface area contributed by atoms with Crippen molar-refractivity contribution in [2.24, 2.45) is 0 Å². The monoisotopic (exact) mass is 449 g/mol.